The van der Waals surface area contributed by atoms with Gasteiger partial charge in [0.05, 0.1) is 17.1 Å². The van der Waals surface area contributed by atoms with Crippen LogP contribution in [0.2, 0.25) is 0 Å². The van der Waals surface area contributed by atoms with Gasteiger partial charge in [-0.15, -0.1) is 0 Å². The van der Waals surface area contributed by atoms with Crippen molar-refractivity contribution in [3.05, 3.63) is 77.9 Å². The molecule has 1 aliphatic carbocycles. The van der Waals surface area contributed by atoms with E-state index in [0.29, 0.717) is 40.7 Å². The number of ketones is 1. The molecule has 9 nitrogen and oxygen atoms in total. The van der Waals surface area contributed by atoms with Crippen LogP contribution in [0.15, 0.2) is 60.9 Å². The van der Waals surface area contributed by atoms with Crippen molar-refractivity contribution in [3.8, 4) is 11.1 Å². The minimum Gasteiger partial charge on any atom is -0.345 e. The average molecular weight is 571 g/mol. The van der Waals surface area contributed by atoms with Crippen molar-refractivity contribution in [2.75, 3.05) is 15.7 Å². The maximum atomic E-state index is 14.8. The molecule has 0 unspecified atom stereocenters. The van der Waals surface area contributed by atoms with Gasteiger partial charge in [-0.05, 0) is 54.8 Å². The number of pyridine rings is 1. The summed E-state index contributed by atoms with van der Waals surface area (Å²) in [7, 11) is -7.14. The maximum absolute atomic E-state index is 14.8. The number of anilines is 2. The summed E-state index contributed by atoms with van der Waals surface area (Å²) < 4.78 is 68.7. The third-order valence-electron chi connectivity index (χ3n) is 6.74. The Labute approximate surface area is 226 Å². The number of halogens is 1. The number of hydrogen-bond acceptors (Lipinski definition) is 6. The van der Waals surface area contributed by atoms with Crippen LogP contribution >= 0.6 is 0 Å². The summed E-state index contributed by atoms with van der Waals surface area (Å²) in [6.07, 6.45) is 7.89. The fourth-order valence-corrected chi connectivity index (χ4v) is 6.99. The highest BCUT2D eigenvalue weighted by molar-refractivity contribution is 7.93. The van der Waals surface area contributed by atoms with E-state index in [2.05, 4.69) is 19.4 Å². The van der Waals surface area contributed by atoms with Crippen molar-refractivity contribution in [1.82, 2.24) is 9.97 Å². The van der Waals surface area contributed by atoms with E-state index in [1.165, 1.54) is 18.3 Å². The molecule has 1 saturated carbocycles. The Hall–Kier alpha value is -3.77. The van der Waals surface area contributed by atoms with Crippen LogP contribution in [-0.2, 0) is 20.0 Å². The van der Waals surface area contributed by atoms with Gasteiger partial charge >= 0.3 is 0 Å². The van der Waals surface area contributed by atoms with Crippen LogP contribution in [-0.4, -0.2) is 44.1 Å². The summed E-state index contributed by atoms with van der Waals surface area (Å²) in [5.41, 5.74) is 2.06. The van der Waals surface area contributed by atoms with E-state index in [-0.39, 0.29) is 16.8 Å². The number of carbonyl (C=O) groups is 1. The number of fused-ring (bicyclic) bond motifs is 1. The van der Waals surface area contributed by atoms with Gasteiger partial charge in [0.25, 0.3) is 0 Å². The molecule has 0 saturated heterocycles. The minimum atomic E-state index is -3.67. The van der Waals surface area contributed by atoms with Crippen LogP contribution in [0.3, 0.4) is 0 Å². The summed E-state index contributed by atoms with van der Waals surface area (Å²) in [6, 6.07) is 12.0. The Morgan fingerprint density at radius 3 is 2.41 bits per heavy atom. The molecule has 2 heterocycles. The Bertz CT molecular complexity index is 1780. The summed E-state index contributed by atoms with van der Waals surface area (Å²) in [6.45, 7) is 0. The number of nitrogens with one attached hydrogen (secondary N) is 3. The minimum absolute atomic E-state index is 0.124. The lowest BCUT2D eigenvalue weighted by molar-refractivity contribution is 0.103. The highest BCUT2D eigenvalue weighted by Crippen LogP contribution is 2.30. The number of aromatic amines is 1. The predicted octanol–water partition coefficient (Wildman–Crippen LogP) is 5.05. The quantitative estimate of drug-likeness (QED) is 0.254. The molecule has 204 valence electrons. The Balaban J connectivity index is 1.46. The van der Waals surface area contributed by atoms with Gasteiger partial charge in [0.2, 0.25) is 20.0 Å². The number of carbonyl (C=O) groups excluding carboxylic acids is 1. The number of aromatic nitrogens is 2. The van der Waals surface area contributed by atoms with Crippen LogP contribution in [0.5, 0.6) is 0 Å². The number of nitrogens with zero attached hydrogens (tertiary/aromatic N) is 1. The normalized spacial score (nSPS) is 14.8. The van der Waals surface area contributed by atoms with Gasteiger partial charge in [0.1, 0.15) is 11.5 Å². The Morgan fingerprint density at radius 1 is 0.923 bits per heavy atom. The van der Waals surface area contributed by atoms with Crippen molar-refractivity contribution in [2.24, 2.45) is 0 Å². The summed E-state index contributed by atoms with van der Waals surface area (Å²) in [5.74, 6) is -1.41. The van der Waals surface area contributed by atoms with Crippen LogP contribution in [0, 0.1) is 5.82 Å². The molecule has 0 spiro atoms. The van der Waals surface area contributed by atoms with Crippen LogP contribution in [0.4, 0.5) is 15.8 Å². The van der Waals surface area contributed by atoms with Crippen LogP contribution in [0.1, 0.15) is 48.0 Å². The number of benzene rings is 2. The molecule has 0 radical (unpaired) electrons. The summed E-state index contributed by atoms with van der Waals surface area (Å²) >= 11 is 0. The summed E-state index contributed by atoms with van der Waals surface area (Å²) in [4.78, 5) is 20.8. The molecular weight excluding hydrogens is 543 g/mol. The fourth-order valence-electron chi connectivity index (χ4n) is 4.86. The molecule has 0 atom stereocenters. The number of hydrogen-bond donors (Lipinski definition) is 3. The molecule has 3 N–H and O–H groups in total. The lowest BCUT2D eigenvalue weighted by atomic mass is 10.00. The van der Waals surface area contributed by atoms with E-state index in [1.807, 2.05) is 0 Å². The second-order valence-corrected chi connectivity index (χ2v) is 13.4. The largest absolute Gasteiger partial charge is 0.345 e. The van der Waals surface area contributed by atoms with Gasteiger partial charge in [-0.2, -0.15) is 0 Å². The third kappa shape index (κ3) is 5.96. The van der Waals surface area contributed by atoms with Crippen molar-refractivity contribution in [2.45, 2.75) is 37.4 Å². The average Bonchev–Trinajstić information content (AvgIpc) is 3.32. The van der Waals surface area contributed by atoms with Gasteiger partial charge in [0, 0.05) is 40.3 Å². The molecule has 5 rings (SSSR count). The number of sulfonamides is 2. The third-order valence-corrected chi connectivity index (χ3v) is 9.21. The zero-order chi connectivity index (χ0) is 27.8. The van der Waals surface area contributed by atoms with Crippen molar-refractivity contribution in [1.29, 1.82) is 0 Å². The Morgan fingerprint density at radius 2 is 1.67 bits per heavy atom. The van der Waals surface area contributed by atoms with Gasteiger partial charge in [-0.3, -0.25) is 14.2 Å². The molecule has 4 aromatic rings. The van der Waals surface area contributed by atoms with E-state index < -0.39 is 36.9 Å². The first-order valence-electron chi connectivity index (χ1n) is 12.4. The van der Waals surface area contributed by atoms with Gasteiger partial charge < -0.3 is 4.98 Å². The molecule has 2 aromatic heterocycles. The van der Waals surface area contributed by atoms with Gasteiger partial charge in [-0.25, -0.2) is 26.2 Å². The topological polar surface area (TPSA) is 138 Å². The molecule has 0 aliphatic heterocycles. The molecule has 0 amide bonds. The lowest BCUT2D eigenvalue weighted by Crippen LogP contribution is -2.29. The first-order chi connectivity index (χ1) is 18.5. The number of H-pyrrole nitrogens is 1. The molecule has 39 heavy (non-hydrogen) atoms. The standard InChI is InChI=1S/C27H27FN4O5S2/c1-38(34,35)31-19-7-5-6-17(12-19)18-13-22-24(16-30-27(22)29-15-18)26(33)23-14-20(10-11-25(23)28)32-39(36,37)21-8-3-2-4-9-21/h5-7,10-16,21,31-32H,2-4,8-9H2,1H3,(H,29,30). The second kappa shape index (κ2) is 10.4. The lowest BCUT2D eigenvalue weighted by Gasteiger charge is -2.22. The Kier molecular flexibility index (Phi) is 7.17. The molecule has 12 heteroatoms. The van der Waals surface area contributed by atoms with Crippen LogP contribution < -0.4 is 9.44 Å². The van der Waals surface area contributed by atoms with E-state index >= 15 is 0 Å². The van der Waals surface area contributed by atoms with Gasteiger partial charge in [-0.1, -0.05) is 31.4 Å². The zero-order valence-electron chi connectivity index (χ0n) is 21.1. The second-order valence-electron chi connectivity index (χ2n) is 9.71. The smallest absolute Gasteiger partial charge is 0.235 e. The van der Waals surface area contributed by atoms with E-state index in [0.717, 1.165) is 31.6 Å². The molecule has 1 aliphatic rings. The molecule has 1 fully saturated rings. The first kappa shape index (κ1) is 26.8. The number of rotatable bonds is 8. The predicted molar refractivity (Wildman–Crippen MR) is 149 cm³/mol. The van der Waals surface area contributed by atoms with E-state index in [4.69, 9.17) is 0 Å². The first-order valence-corrected chi connectivity index (χ1v) is 15.9. The van der Waals surface area contributed by atoms with Gasteiger partial charge in [0.15, 0.2) is 5.78 Å². The highest BCUT2D eigenvalue weighted by Gasteiger charge is 2.28. The van der Waals surface area contributed by atoms with Crippen molar-refractivity contribution >= 4 is 48.2 Å². The highest BCUT2D eigenvalue weighted by atomic mass is 32.2. The molecular formula is C27H27FN4O5S2. The van der Waals surface area contributed by atoms with E-state index in [1.54, 1.807) is 36.5 Å². The molecule has 0 bridgehead atoms. The fraction of sp³-hybridized carbons (Fsp3) is 0.259. The summed E-state index contributed by atoms with van der Waals surface area (Å²) in [5, 5.41) is -0.0775. The van der Waals surface area contributed by atoms with Crippen molar-refractivity contribution in [3.63, 3.8) is 0 Å². The molecule has 2 aromatic carbocycles. The SMILES string of the molecule is CS(=O)(=O)Nc1cccc(-c2cnc3[nH]cc(C(=O)c4cc(NS(=O)(=O)C5CCCCC5)ccc4F)c3c2)c1. The van der Waals surface area contributed by atoms with E-state index in [9.17, 15) is 26.0 Å². The van der Waals surface area contributed by atoms with Crippen molar-refractivity contribution < 1.29 is 26.0 Å². The maximum Gasteiger partial charge on any atom is 0.235 e. The monoisotopic (exact) mass is 570 g/mol. The zero-order valence-corrected chi connectivity index (χ0v) is 22.7. The van der Waals surface area contributed by atoms with Crippen LogP contribution in [0.25, 0.3) is 22.2 Å².